The maximum atomic E-state index is 12.3. The van der Waals surface area contributed by atoms with Gasteiger partial charge in [-0.05, 0) is 24.3 Å². The van der Waals surface area contributed by atoms with E-state index in [9.17, 15) is 4.79 Å². The Labute approximate surface area is 160 Å². The molecule has 0 aliphatic carbocycles. The summed E-state index contributed by atoms with van der Waals surface area (Å²) < 4.78 is 16.0. The van der Waals surface area contributed by atoms with Crippen LogP contribution < -0.4 is 10.1 Å². The first-order chi connectivity index (χ1) is 13.7. The Bertz CT molecular complexity index is 1090. The molecule has 1 N–H and O–H groups in total. The lowest BCUT2D eigenvalue weighted by molar-refractivity contribution is 0.0938. The van der Waals surface area contributed by atoms with Gasteiger partial charge in [-0.1, -0.05) is 35.5 Å². The number of aromatic nitrogens is 3. The molecule has 0 saturated heterocycles. The van der Waals surface area contributed by atoms with E-state index in [4.69, 9.17) is 13.7 Å². The van der Waals surface area contributed by atoms with Crippen LogP contribution in [0.15, 0.2) is 69.6 Å². The summed E-state index contributed by atoms with van der Waals surface area (Å²) in [4.78, 5) is 12.3. The van der Waals surface area contributed by atoms with E-state index in [0.717, 1.165) is 11.1 Å². The van der Waals surface area contributed by atoms with E-state index >= 15 is 0 Å². The summed E-state index contributed by atoms with van der Waals surface area (Å²) in [7, 11) is 1.58. The average molecular weight is 376 g/mol. The lowest BCUT2D eigenvalue weighted by Gasteiger charge is -2.00. The van der Waals surface area contributed by atoms with Gasteiger partial charge in [0, 0.05) is 17.2 Å². The Kier molecular flexibility index (Phi) is 4.83. The summed E-state index contributed by atoms with van der Waals surface area (Å²) >= 11 is 0. The van der Waals surface area contributed by atoms with Crippen molar-refractivity contribution in [2.24, 2.45) is 0 Å². The molecule has 2 aromatic carbocycles. The zero-order valence-electron chi connectivity index (χ0n) is 15.0. The highest BCUT2D eigenvalue weighted by Gasteiger charge is 2.15. The lowest BCUT2D eigenvalue weighted by atomic mass is 10.1. The van der Waals surface area contributed by atoms with Gasteiger partial charge >= 0.3 is 0 Å². The number of ether oxygens (including phenoxy) is 1. The third-order valence-corrected chi connectivity index (χ3v) is 3.98. The second kappa shape index (κ2) is 7.75. The van der Waals surface area contributed by atoms with Crippen molar-refractivity contribution in [2.75, 3.05) is 7.11 Å². The van der Waals surface area contributed by atoms with Gasteiger partial charge in [0.25, 0.3) is 5.91 Å². The summed E-state index contributed by atoms with van der Waals surface area (Å²) in [6.45, 7) is 0.0834. The quantitative estimate of drug-likeness (QED) is 0.550. The van der Waals surface area contributed by atoms with Gasteiger partial charge in [0.15, 0.2) is 11.5 Å². The standard InChI is InChI=1S/C20H16N4O4/c1-26-15-9-5-8-14(10-15)17-11-16(24-28-17)19(25)21-12-18-22-23-20(27-18)13-6-3-2-4-7-13/h2-11H,12H2,1H3,(H,21,25). The van der Waals surface area contributed by atoms with Crippen LogP contribution >= 0.6 is 0 Å². The molecule has 0 bridgehead atoms. The van der Waals surface area contributed by atoms with Gasteiger partial charge in [-0.2, -0.15) is 0 Å². The highest BCUT2D eigenvalue weighted by molar-refractivity contribution is 5.93. The van der Waals surface area contributed by atoms with Crippen LogP contribution in [0, 0.1) is 0 Å². The molecule has 0 unspecified atom stereocenters. The molecule has 8 heteroatoms. The number of nitrogens with zero attached hydrogens (tertiary/aromatic N) is 3. The Hall–Kier alpha value is -3.94. The second-order valence-corrected chi connectivity index (χ2v) is 5.86. The fourth-order valence-electron chi connectivity index (χ4n) is 2.56. The van der Waals surface area contributed by atoms with E-state index in [-0.39, 0.29) is 12.2 Å². The molecule has 0 spiro atoms. The fraction of sp³-hybridized carbons (Fsp3) is 0.100. The Morgan fingerprint density at radius 3 is 2.68 bits per heavy atom. The van der Waals surface area contributed by atoms with Crippen LogP contribution in [0.4, 0.5) is 0 Å². The summed E-state index contributed by atoms with van der Waals surface area (Å²) in [6.07, 6.45) is 0. The maximum Gasteiger partial charge on any atom is 0.273 e. The molecule has 2 heterocycles. The van der Waals surface area contributed by atoms with Crippen molar-refractivity contribution in [2.45, 2.75) is 6.54 Å². The average Bonchev–Trinajstić information content (AvgIpc) is 3.43. The predicted molar refractivity (Wildman–Crippen MR) is 99.4 cm³/mol. The highest BCUT2D eigenvalue weighted by Crippen LogP contribution is 2.24. The molecule has 2 aromatic heterocycles. The van der Waals surface area contributed by atoms with Crippen molar-refractivity contribution in [3.63, 3.8) is 0 Å². The van der Waals surface area contributed by atoms with Crippen molar-refractivity contribution in [1.82, 2.24) is 20.7 Å². The van der Waals surface area contributed by atoms with Crippen LogP contribution in [-0.2, 0) is 6.54 Å². The number of hydrogen-bond acceptors (Lipinski definition) is 7. The number of hydrogen-bond donors (Lipinski definition) is 1. The highest BCUT2D eigenvalue weighted by atomic mass is 16.5. The number of methoxy groups -OCH3 is 1. The van der Waals surface area contributed by atoms with Crippen molar-refractivity contribution in [3.05, 3.63) is 72.2 Å². The first kappa shape index (κ1) is 17.5. The molecule has 4 rings (SSSR count). The largest absolute Gasteiger partial charge is 0.497 e. The van der Waals surface area contributed by atoms with Gasteiger partial charge < -0.3 is 19.0 Å². The molecule has 28 heavy (non-hydrogen) atoms. The Morgan fingerprint density at radius 2 is 1.86 bits per heavy atom. The van der Waals surface area contributed by atoms with Crippen LogP contribution in [0.1, 0.15) is 16.4 Å². The number of carbonyl (C=O) groups is 1. The van der Waals surface area contributed by atoms with Crippen molar-refractivity contribution < 1.29 is 18.5 Å². The third-order valence-electron chi connectivity index (χ3n) is 3.98. The molecule has 0 aliphatic heterocycles. The monoisotopic (exact) mass is 376 g/mol. The molecule has 0 radical (unpaired) electrons. The summed E-state index contributed by atoms with van der Waals surface area (Å²) in [5, 5.41) is 14.4. The van der Waals surface area contributed by atoms with Gasteiger partial charge in [-0.25, -0.2) is 0 Å². The normalized spacial score (nSPS) is 10.6. The van der Waals surface area contributed by atoms with E-state index in [0.29, 0.717) is 23.3 Å². The maximum absolute atomic E-state index is 12.3. The SMILES string of the molecule is COc1cccc(-c2cc(C(=O)NCc3nnc(-c4ccccc4)o3)no2)c1. The van der Waals surface area contributed by atoms with Gasteiger partial charge in [-0.15, -0.1) is 10.2 Å². The topological polar surface area (TPSA) is 103 Å². The zero-order valence-corrected chi connectivity index (χ0v) is 15.0. The van der Waals surface area contributed by atoms with E-state index in [1.165, 1.54) is 0 Å². The predicted octanol–water partition coefficient (Wildman–Crippen LogP) is 3.33. The number of nitrogens with one attached hydrogen (secondary N) is 1. The van der Waals surface area contributed by atoms with Crippen molar-refractivity contribution in [3.8, 4) is 28.5 Å². The van der Waals surface area contributed by atoms with Gasteiger partial charge in [0.1, 0.15) is 5.75 Å². The van der Waals surface area contributed by atoms with Gasteiger partial charge in [-0.3, -0.25) is 4.79 Å². The van der Waals surface area contributed by atoms with Crippen LogP contribution in [0.5, 0.6) is 5.75 Å². The molecule has 0 fully saturated rings. The van der Waals surface area contributed by atoms with E-state index < -0.39 is 5.91 Å². The fourth-order valence-corrected chi connectivity index (χ4v) is 2.56. The molecule has 0 aliphatic rings. The van der Waals surface area contributed by atoms with Crippen LogP contribution in [-0.4, -0.2) is 28.4 Å². The lowest BCUT2D eigenvalue weighted by Crippen LogP contribution is -2.23. The van der Waals surface area contributed by atoms with E-state index in [1.54, 1.807) is 19.2 Å². The molecule has 4 aromatic rings. The Morgan fingerprint density at radius 1 is 1.04 bits per heavy atom. The minimum atomic E-state index is -0.405. The van der Waals surface area contributed by atoms with E-state index in [1.807, 2.05) is 48.5 Å². The van der Waals surface area contributed by atoms with Gasteiger partial charge in [0.2, 0.25) is 11.8 Å². The summed E-state index contributed by atoms with van der Waals surface area (Å²) in [5.41, 5.74) is 1.72. The van der Waals surface area contributed by atoms with Crippen molar-refractivity contribution in [1.29, 1.82) is 0 Å². The second-order valence-electron chi connectivity index (χ2n) is 5.86. The van der Waals surface area contributed by atoms with E-state index in [2.05, 4.69) is 20.7 Å². The molecule has 0 atom stereocenters. The molecule has 1 amide bonds. The summed E-state index contributed by atoms with van der Waals surface area (Å²) in [6, 6.07) is 18.2. The van der Waals surface area contributed by atoms with Crippen LogP contribution in [0.25, 0.3) is 22.8 Å². The molecule has 8 nitrogen and oxygen atoms in total. The number of rotatable bonds is 6. The molecule has 140 valence electrons. The zero-order chi connectivity index (χ0) is 19.3. The minimum absolute atomic E-state index is 0.0834. The smallest absolute Gasteiger partial charge is 0.273 e. The summed E-state index contributed by atoms with van der Waals surface area (Å²) in [5.74, 6) is 1.44. The molecular weight excluding hydrogens is 360 g/mol. The number of amides is 1. The third kappa shape index (κ3) is 3.75. The number of carbonyl (C=O) groups excluding carboxylic acids is 1. The first-order valence-electron chi connectivity index (χ1n) is 8.50. The van der Waals surface area contributed by atoms with Crippen LogP contribution in [0.3, 0.4) is 0 Å². The van der Waals surface area contributed by atoms with Crippen molar-refractivity contribution >= 4 is 5.91 Å². The molecular formula is C20H16N4O4. The minimum Gasteiger partial charge on any atom is -0.497 e. The van der Waals surface area contributed by atoms with Gasteiger partial charge in [0.05, 0.1) is 13.7 Å². The molecule has 0 saturated carbocycles. The number of benzene rings is 2. The Balaban J connectivity index is 1.41. The van der Waals surface area contributed by atoms with Crippen LogP contribution in [0.2, 0.25) is 0 Å². The first-order valence-corrected chi connectivity index (χ1v) is 8.50.